The van der Waals surface area contributed by atoms with Crippen molar-refractivity contribution < 1.29 is 4.79 Å². The van der Waals surface area contributed by atoms with Crippen molar-refractivity contribution in [1.29, 1.82) is 0 Å². The number of benzene rings is 1. The first-order valence-corrected chi connectivity index (χ1v) is 10.2. The second-order valence-electron chi connectivity index (χ2n) is 5.99. The van der Waals surface area contributed by atoms with Gasteiger partial charge in [0, 0.05) is 38.9 Å². The van der Waals surface area contributed by atoms with E-state index in [2.05, 4.69) is 56.4 Å². The predicted octanol–water partition coefficient (Wildman–Crippen LogP) is 2.05. The van der Waals surface area contributed by atoms with Gasteiger partial charge in [0.05, 0.1) is 6.54 Å². The molecule has 26 heavy (non-hydrogen) atoms. The van der Waals surface area contributed by atoms with Crippen LogP contribution in [-0.2, 0) is 11.3 Å². The van der Waals surface area contributed by atoms with Gasteiger partial charge >= 0.3 is 0 Å². The highest BCUT2D eigenvalue weighted by Gasteiger charge is 2.16. The number of carbonyl (C=O) groups excluding carboxylic acids is 1. The molecule has 2 rings (SSSR count). The Hall–Kier alpha value is -1.16. The van der Waals surface area contributed by atoms with Crippen LogP contribution < -0.4 is 20.9 Å². The quantitative estimate of drug-likeness (QED) is 0.225. The zero-order chi connectivity index (χ0) is 17.9. The standard InChI is InChI=1S/C18H29N5OS.HI/c1-19-18(21-9-3-4-12-25-2)22-13-15-5-7-16(8-6-15)23-11-10-20-17(24)14-23;/h5-8H,3-4,9-14H2,1-2H3,(H,20,24)(H2,19,21,22);1H. The number of thioether (sulfide) groups is 1. The van der Waals surface area contributed by atoms with Gasteiger partial charge in [-0.15, -0.1) is 24.0 Å². The molecule has 0 spiro atoms. The first-order chi connectivity index (χ1) is 12.2. The number of guanidine groups is 1. The monoisotopic (exact) mass is 491 g/mol. The molecular formula is C18H30IN5OS. The molecule has 1 fully saturated rings. The van der Waals surface area contributed by atoms with Crippen molar-refractivity contribution >= 4 is 53.3 Å². The fourth-order valence-electron chi connectivity index (χ4n) is 2.67. The van der Waals surface area contributed by atoms with Crippen LogP contribution in [0.5, 0.6) is 0 Å². The lowest BCUT2D eigenvalue weighted by molar-refractivity contribution is -0.120. The Labute approximate surface area is 178 Å². The first kappa shape index (κ1) is 22.9. The van der Waals surface area contributed by atoms with Crippen LogP contribution in [0.15, 0.2) is 29.3 Å². The zero-order valence-corrected chi connectivity index (χ0v) is 18.7. The van der Waals surface area contributed by atoms with Crippen molar-refractivity contribution in [2.24, 2.45) is 4.99 Å². The van der Waals surface area contributed by atoms with Gasteiger partial charge in [0.15, 0.2) is 5.96 Å². The Morgan fingerprint density at radius 2 is 2.04 bits per heavy atom. The van der Waals surface area contributed by atoms with Gasteiger partial charge in [-0.3, -0.25) is 9.79 Å². The summed E-state index contributed by atoms with van der Waals surface area (Å²) < 4.78 is 0. The third-order valence-electron chi connectivity index (χ3n) is 4.09. The summed E-state index contributed by atoms with van der Waals surface area (Å²) in [6, 6.07) is 8.35. The lowest BCUT2D eigenvalue weighted by Gasteiger charge is -2.28. The number of amides is 1. The van der Waals surface area contributed by atoms with Gasteiger partial charge in [0.25, 0.3) is 0 Å². The molecule has 1 amide bonds. The Kier molecular flexibility index (Phi) is 11.5. The molecule has 8 heteroatoms. The van der Waals surface area contributed by atoms with Crippen molar-refractivity contribution in [2.45, 2.75) is 19.4 Å². The second kappa shape index (κ2) is 13.1. The molecule has 1 aliphatic rings. The van der Waals surface area contributed by atoms with E-state index in [1.165, 1.54) is 17.7 Å². The number of carbonyl (C=O) groups is 1. The van der Waals surface area contributed by atoms with Gasteiger partial charge in [0.2, 0.25) is 5.91 Å². The molecule has 1 aliphatic heterocycles. The van der Waals surface area contributed by atoms with Crippen molar-refractivity contribution in [2.75, 3.05) is 50.1 Å². The molecule has 1 aromatic rings. The summed E-state index contributed by atoms with van der Waals surface area (Å²) in [7, 11) is 1.79. The Bertz CT molecular complexity index is 567. The Balaban J connectivity index is 0.00000338. The maximum Gasteiger partial charge on any atom is 0.239 e. The van der Waals surface area contributed by atoms with E-state index in [1.54, 1.807) is 7.05 Å². The third-order valence-corrected chi connectivity index (χ3v) is 4.79. The largest absolute Gasteiger partial charge is 0.360 e. The lowest BCUT2D eigenvalue weighted by Crippen LogP contribution is -2.47. The van der Waals surface area contributed by atoms with Crippen LogP contribution in [0.1, 0.15) is 18.4 Å². The number of anilines is 1. The van der Waals surface area contributed by atoms with Crippen molar-refractivity contribution in [3.05, 3.63) is 29.8 Å². The molecule has 0 saturated carbocycles. The molecule has 0 aromatic heterocycles. The fraction of sp³-hybridized carbons (Fsp3) is 0.556. The topological polar surface area (TPSA) is 68.8 Å². The average molecular weight is 491 g/mol. The minimum absolute atomic E-state index is 0. The molecule has 1 heterocycles. The molecule has 0 unspecified atom stereocenters. The summed E-state index contributed by atoms with van der Waals surface area (Å²) in [6.45, 7) is 3.67. The number of hydrogen-bond donors (Lipinski definition) is 3. The highest BCUT2D eigenvalue weighted by Crippen LogP contribution is 2.16. The van der Waals surface area contributed by atoms with E-state index < -0.39 is 0 Å². The first-order valence-electron chi connectivity index (χ1n) is 8.77. The molecule has 3 N–H and O–H groups in total. The van der Waals surface area contributed by atoms with Gasteiger partial charge in [-0.25, -0.2) is 0 Å². The van der Waals surface area contributed by atoms with Gasteiger partial charge < -0.3 is 20.9 Å². The van der Waals surface area contributed by atoms with E-state index in [4.69, 9.17) is 0 Å². The number of nitrogens with zero attached hydrogens (tertiary/aromatic N) is 2. The molecule has 6 nitrogen and oxygen atoms in total. The average Bonchev–Trinajstić information content (AvgIpc) is 2.64. The van der Waals surface area contributed by atoms with Crippen molar-refractivity contribution in [3.8, 4) is 0 Å². The van der Waals surface area contributed by atoms with Crippen LogP contribution in [0, 0.1) is 0 Å². The SMILES string of the molecule is CN=C(NCCCCSC)NCc1ccc(N2CCNC(=O)C2)cc1.I. The summed E-state index contributed by atoms with van der Waals surface area (Å²) in [4.78, 5) is 17.8. The number of nitrogens with one attached hydrogen (secondary N) is 3. The number of hydrogen-bond acceptors (Lipinski definition) is 4. The molecule has 0 bridgehead atoms. The van der Waals surface area contributed by atoms with Gasteiger partial charge in [-0.2, -0.15) is 11.8 Å². The smallest absolute Gasteiger partial charge is 0.239 e. The van der Waals surface area contributed by atoms with Crippen LogP contribution in [0.25, 0.3) is 0 Å². The Morgan fingerprint density at radius 1 is 1.27 bits per heavy atom. The van der Waals surface area contributed by atoms with Crippen molar-refractivity contribution in [3.63, 3.8) is 0 Å². The third kappa shape index (κ3) is 8.03. The van der Waals surface area contributed by atoms with Gasteiger partial charge in [0.1, 0.15) is 0 Å². The molecular weight excluding hydrogens is 461 g/mol. The Morgan fingerprint density at radius 3 is 2.69 bits per heavy atom. The molecule has 1 aromatic carbocycles. The predicted molar refractivity (Wildman–Crippen MR) is 123 cm³/mol. The molecule has 0 aliphatic carbocycles. The van der Waals surface area contributed by atoms with Crippen LogP contribution >= 0.6 is 35.7 Å². The van der Waals surface area contributed by atoms with E-state index in [1.807, 2.05) is 11.8 Å². The van der Waals surface area contributed by atoms with E-state index in [0.717, 1.165) is 37.7 Å². The molecule has 0 radical (unpaired) electrons. The van der Waals surface area contributed by atoms with E-state index in [-0.39, 0.29) is 29.9 Å². The van der Waals surface area contributed by atoms with Crippen LogP contribution in [0.3, 0.4) is 0 Å². The summed E-state index contributed by atoms with van der Waals surface area (Å²) >= 11 is 1.89. The minimum atomic E-state index is 0. The van der Waals surface area contributed by atoms with E-state index in [0.29, 0.717) is 13.1 Å². The van der Waals surface area contributed by atoms with Crippen LogP contribution in [0.2, 0.25) is 0 Å². The van der Waals surface area contributed by atoms with E-state index >= 15 is 0 Å². The maximum absolute atomic E-state index is 11.5. The lowest BCUT2D eigenvalue weighted by atomic mass is 10.2. The fourth-order valence-corrected chi connectivity index (χ4v) is 3.16. The number of rotatable bonds is 8. The number of unbranched alkanes of at least 4 members (excludes halogenated alkanes) is 1. The highest BCUT2D eigenvalue weighted by atomic mass is 127. The summed E-state index contributed by atoms with van der Waals surface area (Å²) in [6.07, 6.45) is 4.51. The van der Waals surface area contributed by atoms with E-state index in [9.17, 15) is 4.79 Å². The second-order valence-corrected chi connectivity index (χ2v) is 6.98. The van der Waals surface area contributed by atoms with Crippen LogP contribution in [-0.4, -0.2) is 57.1 Å². The summed E-state index contributed by atoms with van der Waals surface area (Å²) in [5, 5.41) is 9.53. The minimum Gasteiger partial charge on any atom is -0.360 e. The number of aliphatic imine (C=N–C) groups is 1. The highest BCUT2D eigenvalue weighted by molar-refractivity contribution is 14.0. The molecule has 0 atom stereocenters. The maximum atomic E-state index is 11.5. The summed E-state index contributed by atoms with van der Waals surface area (Å²) in [5.74, 6) is 2.13. The molecule has 146 valence electrons. The zero-order valence-electron chi connectivity index (χ0n) is 15.6. The van der Waals surface area contributed by atoms with Gasteiger partial charge in [-0.1, -0.05) is 12.1 Å². The van der Waals surface area contributed by atoms with Crippen LogP contribution in [0.4, 0.5) is 5.69 Å². The molecule has 1 saturated heterocycles. The van der Waals surface area contributed by atoms with Gasteiger partial charge in [-0.05, 0) is 42.5 Å². The normalized spacial score (nSPS) is 14.5. The number of piperazine rings is 1. The summed E-state index contributed by atoms with van der Waals surface area (Å²) in [5.41, 5.74) is 2.28. The number of halogens is 1. The van der Waals surface area contributed by atoms with Crippen molar-refractivity contribution in [1.82, 2.24) is 16.0 Å².